The lowest BCUT2D eigenvalue weighted by Crippen LogP contribution is -2.31. The Morgan fingerprint density at radius 3 is 2.72 bits per heavy atom. The molecular weight excluding hydrogens is 271 g/mol. The van der Waals surface area contributed by atoms with Gasteiger partial charge in [0.25, 0.3) is 0 Å². The van der Waals surface area contributed by atoms with E-state index >= 15 is 0 Å². The molecular formula is C13H18Cl2N2O. The van der Waals surface area contributed by atoms with Crippen molar-refractivity contribution in [2.45, 2.75) is 6.42 Å². The second-order valence-electron chi connectivity index (χ2n) is 4.34. The van der Waals surface area contributed by atoms with Crippen LogP contribution in [0.15, 0.2) is 18.2 Å². The number of nitrogens with zero attached hydrogens (tertiary/aromatic N) is 1. The molecule has 5 heteroatoms. The summed E-state index contributed by atoms with van der Waals surface area (Å²) in [6.45, 7) is 5.86. The van der Waals surface area contributed by atoms with Gasteiger partial charge in [0.05, 0.1) is 10.0 Å². The van der Waals surface area contributed by atoms with Gasteiger partial charge in [0.15, 0.2) is 5.75 Å². The van der Waals surface area contributed by atoms with Crippen LogP contribution < -0.4 is 10.1 Å². The molecule has 1 aromatic rings. The zero-order valence-electron chi connectivity index (χ0n) is 10.3. The van der Waals surface area contributed by atoms with Crippen LogP contribution in [0, 0.1) is 0 Å². The fraction of sp³-hybridized carbons (Fsp3) is 0.538. The van der Waals surface area contributed by atoms with E-state index in [2.05, 4.69) is 10.2 Å². The minimum Gasteiger partial charge on any atom is -0.489 e. The first-order valence-corrected chi connectivity index (χ1v) is 7.03. The molecule has 0 spiro atoms. The molecule has 1 heterocycles. The molecule has 1 aliphatic heterocycles. The van der Waals surface area contributed by atoms with Gasteiger partial charge in [0, 0.05) is 19.6 Å². The Balaban J connectivity index is 1.80. The van der Waals surface area contributed by atoms with Gasteiger partial charge >= 0.3 is 0 Å². The number of rotatable bonds is 4. The summed E-state index contributed by atoms with van der Waals surface area (Å²) in [5.41, 5.74) is 0. The normalized spacial score (nSPS) is 17.4. The van der Waals surface area contributed by atoms with Gasteiger partial charge in [0.1, 0.15) is 6.61 Å². The van der Waals surface area contributed by atoms with Gasteiger partial charge < -0.3 is 10.1 Å². The Morgan fingerprint density at radius 1 is 1.17 bits per heavy atom. The van der Waals surface area contributed by atoms with Crippen molar-refractivity contribution in [2.24, 2.45) is 0 Å². The molecule has 18 heavy (non-hydrogen) atoms. The fourth-order valence-electron chi connectivity index (χ4n) is 2.02. The number of halogens is 2. The molecule has 0 saturated carbocycles. The third-order valence-electron chi connectivity index (χ3n) is 3.01. The van der Waals surface area contributed by atoms with Crippen LogP contribution in [0.4, 0.5) is 0 Å². The van der Waals surface area contributed by atoms with E-state index in [-0.39, 0.29) is 0 Å². The third kappa shape index (κ3) is 4.02. The van der Waals surface area contributed by atoms with Crippen molar-refractivity contribution < 1.29 is 4.74 Å². The van der Waals surface area contributed by atoms with Crippen molar-refractivity contribution in [2.75, 3.05) is 39.3 Å². The van der Waals surface area contributed by atoms with Crippen LogP contribution in [-0.2, 0) is 0 Å². The standard InChI is InChI=1S/C13H18Cl2N2O/c14-11-3-1-4-12(15)13(11)18-10-9-17-7-2-5-16-6-8-17/h1,3-4,16H,2,5-10H2. The number of para-hydroxylation sites is 1. The van der Waals surface area contributed by atoms with Crippen LogP contribution in [-0.4, -0.2) is 44.2 Å². The summed E-state index contributed by atoms with van der Waals surface area (Å²) >= 11 is 12.1. The summed E-state index contributed by atoms with van der Waals surface area (Å²) in [5.74, 6) is 0.591. The van der Waals surface area contributed by atoms with E-state index in [1.54, 1.807) is 12.1 Å². The van der Waals surface area contributed by atoms with E-state index in [1.807, 2.05) is 6.07 Å². The molecule has 2 rings (SSSR count). The zero-order chi connectivity index (χ0) is 12.8. The van der Waals surface area contributed by atoms with Crippen LogP contribution in [0.5, 0.6) is 5.75 Å². The van der Waals surface area contributed by atoms with E-state index in [1.165, 1.54) is 6.42 Å². The highest BCUT2D eigenvalue weighted by Crippen LogP contribution is 2.32. The first-order valence-electron chi connectivity index (χ1n) is 6.27. The molecule has 1 N–H and O–H groups in total. The van der Waals surface area contributed by atoms with Gasteiger partial charge in [-0.3, -0.25) is 4.90 Å². The molecule has 1 aromatic carbocycles. The first-order chi connectivity index (χ1) is 8.77. The van der Waals surface area contributed by atoms with Crippen molar-refractivity contribution in [3.63, 3.8) is 0 Å². The van der Waals surface area contributed by atoms with E-state index < -0.39 is 0 Å². The number of hydrogen-bond acceptors (Lipinski definition) is 3. The van der Waals surface area contributed by atoms with E-state index in [0.717, 1.165) is 32.7 Å². The molecule has 1 saturated heterocycles. The Morgan fingerprint density at radius 2 is 1.94 bits per heavy atom. The van der Waals surface area contributed by atoms with Crippen molar-refractivity contribution in [1.29, 1.82) is 0 Å². The maximum atomic E-state index is 6.04. The Bertz CT molecular complexity index is 359. The van der Waals surface area contributed by atoms with Crippen LogP contribution >= 0.6 is 23.2 Å². The molecule has 0 radical (unpaired) electrons. The summed E-state index contributed by atoms with van der Waals surface area (Å²) < 4.78 is 5.69. The van der Waals surface area contributed by atoms with E-state index in [9.17, 15) is 0 Å². The Hall–Kier alpha value is -0.480. The highest BCUT2D eigenvalue weighted by molar-refractivity contribution is 6.37. The highest BCUT2D eigenvalue weighted by Gasteiger charge is 2.10. The second-order valence-corrected chi connectivity index (χ2v) is 5.16. The summed E-state index contributed by atoms with van der Waals surface area (Å²) in [5, 5.41) is 4.52. The van der Waals surface area contributed by atoms with Crippen LogP contribution in [0.3, 0.4) is 0 Å². The maximum absolute atomic E-state index is 6.04. The predicted octanol–water partition coefficient (Wildman–Crippen LogP) is 2.67. The summed E-state index contributed by atoms with van der Waals surface area (Å²) in [6.07, 6.45) is 1.19. The maximum Gasteiger partial charge on any atom is 0.156 e. The number of nitrogens with one attached hydrogen (secondary N) is 1. The van der Waals surface area contributed by atoms with E-state index in [4.69, 9.17) is 27.9 Å². The van der Waals surface area contributed by atoms with Gasteiger partial charge in [-0.05, 0) is 31.6 Å². The van der Waals surface area contributed by atoms with Crippen LogP contribution in [0.2, 0.25) is 10.0 Å². The molecule has 0 unspecified atom stereocenters. The van der Waals surface area contributed by atoms with Crippen LogP contribution in [0.25, 0.3) is 0 Å². The molecule has 0 bridgehead atoms. The van der Waals surface area contributed by atoms with Crippen molar-refractivity contribution in [3.05, 3.63) is 28.2 Å². The highest BCUT2D eigenvalue weighted by atomic mass is 35.5. The number of hydrogen-bond donors (Lipinski definition) is 1. The molecule has 1 fully saturated rings. The molecule has 100 valence electrons. The fourth-order valence-corrected chi connectivity index (χ4v) is 2.53. The summed E-state index contributed by atoms with van der Waals surface area (Å²) in [7, 11) is 0. The average Bonchev–Trinajstić information content (AvgIpc) is 2.61. The molecule has 0 aliphatic carbocycles. The molecule has 3 nitrogen and oxygen atoms in total. The van der Waals surface area contributed by atoms with Crippen LogP contribution in [0.1, 0.15) is 6.42 Å². The Labute approximate surface area is 118 Å². The molecule has 0 atom stereocenters. The molecule has 1 aliphatic rings. The SMILES string of the molecule is Clc1cccc(Cl)c1OCCN1CCCNCC1. The minimum atomic E-state index is 0.569. The summed E-state index contributed by atoms with van der Waals surface area (Å²) in [6, 6.07) is 5.40. The van der Waals surface area contributed by atoms with E-state index in [0.29, 0.717) is 22.4 Å². The van der Waals surface area contributed by atoms with Crippen molar-refractivity contribution in [1.82, 2.24) is 10.2 Å². The average molecular weight is 289 g/mol. The van der Waals surface area contributed by atoms with Gasteiger partial charge in [-0.15, -0.1) is 0 Å². The lowest BCUT2D eigenvalue weighted by atomic mass is 10.3. The third-order valence-corrected chi connectivity index (χ3v) is 3.60. The largest absolute Gasteiger partial charge is 0.489 e. The zero-order valence-corrected chi connectivity index (χ0v) is 11.8. The lowest BCUT2D eigenvalue weighted by molar-refractivity contribution is 0.218. The first kappa shape index (κ1) is 13.9. The van der Waals surface area contributed by atoms with Gasteiger partial charge in [-0.2, -0.15) is 0 Å². The molecule has 0 amide bonds. The van der Waals surface area contributed by atoms with Crippen molar-refractivity contribution >= 4 is 23.2 Å². The number of benzene rings is 1. The quantitative estimate of drug-likeness (QED) is 0.922. The van der Waals surface area contributed by atoms with Gasteiger partial charge in [-0.1, -0.05) is 29.3 Å². The number of ether oxygens (including phenoxy) is 1. The summed E-state index contributed by atoms with van der Waals surface area (Å²) in [4.78, 5) is 2.39. The predicted molar refractivity (Wildman–Crippen MR) is 75.9 cm³/mol. The topological polar surface area (TPSA) is 24.5 Å². The van der Waals surface area contributed by atoms with Crippen molar-refractivity contribution in [3.8, 4) is 5.75 Å². The van der Waals surface area contributed by atoms with Gasteiger partial charge in [-0.25, -0.2) is 0 Å². The second kappa shape index (κ2) is 7.19. The monoisotopic (exact) mass is 288 g/mol. The smallest absolute Gasteiger partial charge is 0.156 e. The minimum absolute atomic E-state index is 0.569. The molecule has 0 aromatic heterocycles. The Kier molecular flexibility index (Phi) is 5.57. The van der Waals surface area contributed by atoms with Gasteiger partial charge in [0.2, 0.25) is 0 Å². The lowest BCUT2D eigenvalue weighted by Gasteiger charge is -2.19.